The number of benzene rings is 1. The fourth-order valence-electron chi connectivity index (χ4n) is 3.71. The maximum absolute atomic E-state index is 12.6. The molecule has 8 heteroatoms. The van der Waals surface area contributed by atoms with Crippen molar-refractivity contribution in [1.29, 1.82) is 0 Å². The fraction of sp³-hybridized carbons (Fsp3) is 0.435. The lowest BCUT2D eigenvalue weighted by Crippen LogP contribution is -2.16. The fourth-order valence-corrected chi connectivity index (χ4v) is 5.76. The van der Waals surface area contributed by atoms with Gasteiger partial charge in [0, 0.05) is 21.4 Å². The lowest BCUT2D eigenvalue weighted by atomic mass is 10.1. The minimum Gasteiger partial charge on any atom is -0.465 e. The number of carbonyl (C=O) groups excluding carboxylic acids is 3. The zero-order valence-corrected chi connectivity index (χ0v) is 19.1. The first-order chi connectivity index (χ1) is 15.0. The van der Waals surface area contributed by atoms with Crippen LogP contribution in [0.1, 0.15) is 52.9 Å². The van der Waals surface area contributed by atoms with E-state index in [1.807, 2.05) is 24.3 Å². The summed E-state index contributed by atoms with van der Waals surface area (Å²) in [6.45, 7) is 0. The van der Waals surface area contributed by atoms with Gasteiger partial charge in [-0.3, -0.25) is 9.59 Å². The Hall–Kier alpha value is -2.32. The molecule has 2 aliphatic carbocycles. The average Bonchev–Trinajstić information content (AvgIpc) is 3.58. The van der Waals surface area contributed by atoms with Gasteiger partial charge in [0.1, 0.15) is 5.00 Å². The number of amides is 2. The largest absolute Gasteiger partial charge is 0.465 e. The zero-order chi connectivity index (χ0) is 21.8. The molecular formula is C23H26N2O4S2. The monoisotopic (exact) mass is 458 g/mol. The molecule has 164 valence electrons. The van der Waals surface area contributed by atoms with Gasteiger partial charge < -0.3 is 15.4 Å². The maximum atomic E-state index is 12.6. The molecule has 0 saturated heterocycles. The molecule has 6 nitrogen and oxygen atoms in total. The van der Waals surface area contributed by atoms with Gasteiger partial charge >= 0.3 is 5.97 Å². The number of carbonyl (C=O) groups is 3. The zero-order valence-electron chi connectivity index (χ0n) is 17.5. The molecule has 0 radical (unpaired) electrons. The van der Waals surface area contributed by atoms with Crippen LogP contribution in [-0.4, -0.2) is 30.6 Å². The number of aryl methyl sites for hydroxylation is 1. The molecule has 4 rings (SSSR count). The van der Waals surface area contributed by atoms with Crippen molar-refractivity contribution in [3.8, 4) is 0 Å². The second-order valence-corrected chi connectivity index (χ2v) is 10.0. The Bertz CT molecular complexity index is 997. The number of nitrogens with one attached hydrogen (secondary N) is 2. The summed E-state index contributed by atoms with van der Waals surface area (Å²) in [7, 11) is 1.37. The van der Waals surface area contributed by atoms with E-state index in [-0.39, 0.29) is 29.5 Å². The van der Waals surface area contributed by atoms with Gasteiger partial charge in [-0.2, -0.15) is 0 Å². The molecule has 0 aliphatic heterocycles. The predicted molar refractivity (Wildman–Crippen MR) is 124 cm³/mol. The van der Waals surface area contributed by atoms with Gasteiger partial charge in [0.15, 0.2) is 0 Å². The number of methoxy groups -OCH3 is 1. The van der Waals surface area contributed by atoms with Crippen LogP contribution in [0.3, 0.4) is 0 Å². The number of esters is 1. The standard InChI is InChI=1S/C23H26N2O4S2/c1-29-23(28)20-17-8-3-2-4-9-18(17)31-22(20)25-19(26)13-30-16-7-5-6-15(12-16)24-21(27)14-10-11-14/h5-7,12,14H,2-4,8-11,13H2,1H3,(H,24,27)(H,25,26). The van der Waals surface area contributed by atoms with Crippen molar-refractivity contribution < 1.29 is 19.1 Å². The molecule has 1 heterocycles. The Morgan fingerprint density at radius 2 is 1.94 bits per heavy atom. The van der Waals surface area contributed by atoms with Crippen LogP contribution in [0.15, 0.2) is 29.2 Å². The number of anilines is 2. The summed E-state index contributed by atoms with van der Waals surface area (Å²) in [5.74, 6) is -0.136. The van der Waals surface area contributed by atoms with Crippen LogP contribution >= 0.6 is 23.1 Å². The molecule has 2 aliphatic rings. The third-order valence-corrected chi connectivity index (χ3v) is 7.68. The van der Waals surface area contributed by atoms with Gasteiger partial charge in [0.25, 0.3) is 0 Å². The summed E-state index contributed by atoms with van der Waals surface area (Å²) in [6, 6.07) is 7.52. The summed E-state index contributed by atoms with van der Waals surface area (Å²) in [6.07, 6.45) is 7.00. The van der Waals surface area contributed by atoms with Gasteiger partial charge in [-0.15, -0.1) is 23.1 Å². The van der Waals surface area contributed by atoms with Crippen LogP contribution in [0.4, 0.5) is 10.7 Å². The molecule has 2 N–H and O–H groups in total. The topological polar surface area (TPSA) is 84.5 Å². The quantitative estimate of drug-likeness (QED) is 0.351. The maximum Gasteiger partial charge on any atom is 0.341 e. The molecule has 0 atom stereocenters. The highest BCUT2D eigenvalue weighted by Gasteiger charge is 2.29. The van der Waals surface area contributed by atoms with E-state index in [1.54, 1.807) is 0 Å². The van der Waals surface area contributed by atoms with Crippen LogP contribution in [0.25, 0.3) is 0 Å². The summed E-state index contributed by atoms with van der Waals surface area (Å²) in [5.41, 5.74) is 2.31. The Morgan fingerprint density at radius 1 is 1.13 bits per heavy atom. The molecule has 0 unspecified atom stereocenters. The van der Waals surface area contributed by atoms with Crippen molar-refractivity contribution in [2.45, 2.75) is 49.8 Å². The minimum absolute atomic E-state index is 0.0627. The summed E-state index contributed by atoms with van der Waals surface area (Å²) < 4.78 is 5.00. The number of hydrogen-bond acceptors (Lipinski definition) is 6. The van der Waals surface area contributed by atoms with Gasteiger partial charge in [0.05, 0.1) is 18.4 Å². The molecule has 1 saturated carbocycles. The lowest BCUT2D eigenvalue weighted by molar-refractivity contribution is -0.117. The summed E-state index contributed by atoms with van der Waals surface area (Å²) in [4.78, 5) is 39.1. The number of ether oxygens (including phenoxy) is 1. The lowest BCUT2D eigenvalue weighted by Gasteiger charge is -2.08. The van der Waals surface area contributed by atoms with Crippen LogP contribution < -0.4 is 10.6 Å². The average molecular weight is 459 g/mol. The van der Waals surface area contributed by atoms with Crippen LogP contribution in [0.5, 0.6) is 0 Å². The van der Waals surface area contributed by atoms with E-state index in [2.05, 4.69) is 10.6 Å². The van der Waals surface area contributed by atoms with Crippen LogP contribution in [0, 0.1) is 5.92 Å². The first-order valence-electron chi connectivity index (χ1n) is 10.6. The molecule has 2 amide bonds. The van der Waals surface area contributed by atoms with Crippen LogP contribution in [-0.2, 0) is 27.2 Å². The van der Waals surface area contributed by atoms with Gasteiger partial charge in [0.2, 0.25) is 11.8 Å². The highest BCUT2D eigenvalue weighted by atomic mass is 32.2. The number of hydrogen-bond donors (Lipinski definition) is 2. The normalized spacial score (nSPS) is 15.5. The van der Waals surface area contributed by atoms with E-state index in [9.17, 15) is 14.4 Å². The Morgan fingerprint density at radius 3 is 2.71 bits per heavy atom. The highest BCUT2D eigenvalue weighted by Crippen LogP contribution is 2.38. The van der Waals surface area contributed by atoms with Crippen molar-refractivity contribution in [2.24, 2.45) is 5.92 Å². The number of thiophene rings is 1. The van der Waals surface area contributed by atoms with Crippen molar-refractivity contribution in [3.63, 3.8) is 0 Å². The van der Waals surface area contributed by atoms with Crippen molar-refractivity contribution >= 4 is 51.6 Å². The smallest absolute Gasteiger partial charge is 0.341 e. The predicted octanol–water partition coefficient (Wildman–Crippen LogP) is 4.88. The van der Waals surface area contributed by atoms with E-state index in [0.717, 1.165) is 61.1 Å². The summed E-state index contributed by atoms with van der Waals surface area (Å²) in [5, 5.41) is 6.45. The number of thioether (sulfide) groups is 1. The molecule has 31 heavy (non-hydrogen) atoms. The Balaban J connectivity index is 1.40. The van der Waals surface area contributed by atoms with E-state index in [4.69, 9.17) is 4.74 Å². The number of rotatable bonds is 7. The molecule has 1 aromatic heterocycles. The van der Waals surface area contributed by atoms with Gasteiger partial charge in [-0.25, -0.2) is 4.79 Å². The van der Waals surface area contributed by atoms with E-state index < -0.39 is 0 Å². The van der Waals surface area contributed by atoms with E-state index in [1.165, 1.54) is 35.1 Å². The second-order valence-electron chi connectivity index (χ2n) is 7.89. The van der Waals surface area contributed by atoms with E-state index in [0.29, 0.717) is 10.6 Å². The molecule has 1 aromatic carbocycles. The van der Waals surface area contributed by atoms with Crippen LogP contribution in [0.2, 0.25) is 0 Å². The molecular weight excluding hydrogens is 432 g/mol. The summed E-state index contributed by atoms with van der Waals surface area (Å²) >= 11 is 2.89. The minimum atomic E-state index is -0.388. The molecule has 1 fully saturated rings. The first kappa shape index (κ1) is 21.9. The van der Waals surface area contributed by atoms with Crippen molar-refractivity contribution in [3.05, 3.63) is 40.3 Å². The Labute approximate surface area is 190 Å². The second kappa shape index (κ2) is 9.87. The third kappa shape index (κ3) is 5.49. The van der Waals surface area contributed by atoms with Crippen molar-refractivity contribution in [1.82, 2.24) is 0 Å². The highest BCUT2D eigenvalue weighted by molar-refractivity contribution is 8.00. The van der Waals surface area contributed by atoms with Gasteiger partial charge in [-0.1, -0.05) is 12.5 Å². The molecule has 2 aromatic rings. The molecule has 0 bridgehead atoms. The first-order valence-corrected chi connectivity index (χ1v) is 12.4. The third-order valence-electron chi connectivity index (χ3n) is 5.48. The number of fused-ring (bicyclic) bond motifs is 1. The Kier molecular flexibility index (Phi) is 6.97. The molecule has 0 spiro atoms. The van der Waals surface area contributed by atoms with E-state index >= 15 is 0 Å². The SMILES string of the molecule is COC(=O)c1c(NC(=O)CSc2cccc(NC(=O)C3CC3)c2)sc2c1CCCCC2. The van der Waals surface area contributed by atoms with Crippen molar-refractivity contribution in [2.75, 3.05) is 23.5 Å². The van der Waals surface area contributed by atoms with Gasteiger partial charge in [-0.05, 0) is 62.3 Å².